The third-order valence-electron chi connectivity index (χ3n) is 3.55. The fourth-order valence-electron chi connectivity index (χ4n) is 1.95. The van der Waals surface area contributed by atoms with Gasteiger partial charge in [0.25, 0.3) is 0 Å². The van der Waals surface area contributed by atoms with Crippen LogP contribution in [-0.4, -0.2) is 31.6 Å². The number of methoxy groups -OCH3 is 1. The van der Waals surface area contributed by atoms with Gasteiger partial charge in [0, 0.05) is 12.6 Å². The Morgan fingerprint density at radius 2 is 1.83 bits per heavy atom. The standard InChI is InChI=1S/C16H27NO/c1-12(2)15-11-14(7-8-16(15)18-6)9-10-17(5)13(3)4/h7-8,11-13H,9-10H2,1-6H3. The molecule has 1 rings (SSSR count). The molecule has 0 spiro atoms. The summed E-state index contributed by atoms with van der Waals surface area (Å²) < 4.78 is 5.42. The molecule has 0 bridgehead atoms. The molecule has 1 aromatic carbocycles. The molecule has 0 aromatic heterocycles. The number of ether oxygens (including phenoxy) is 1. The van der Waals surface area contributed by atoms with Crippen molar-refractivity contribution in [2.45, 2.75) is 46.1 Å². The van der Waals surface area contributed by atoms with Gasteiger partial charge in [-0.3, -0.25) is 0 Å². The zero-order valence-corrected chi connectivity index (χ0v) is 12.7. The first-order chi connectivity index (χ1) is 8.45. The Kier molecular flexibility index (Phi) is 5.67. The summed E-state index contributed by atoms with van der Waals surface area (Å²) in [7, 11) is 3.92. The molecule has 0 amide bonds. The highest BCUT2D eigenvalue weighted by Gasteiger charge is 2.09. The van der Waals surface area contributed by atoms with E-state index in [4.69, 9.17) is 4.74 Å². The van der Waals surface area contributed by atoms with Crippen molar-refractivity contribution >= 4 is 0 Å². The number of hydrogen-bond donors (Lipinski definition) is 0. The molecular weight excluding hydrogens is 222 g/mol. The maximum Gasteiger partial charge on any atom is 0.122 e. The van der Waals surface area contributed by atoms with Crippen LogP contribution in [0.5, 0.6) is 5.75 Å². The second-order valence-corrected chi connectivity index (χ2v) is 5.56. The summed E-state index contributed by atoms with van der Waals surface area (Å²) in [6, 6.07) is 7.17. The van der Waals surface area contributed by atoms with E-state index in [9.17, 15) is 0 Å². The van der Waals surface area contributed by atoms with E-state index in [1.54, 1.807) is 7.11 Å². The van der Waals surface area contributed by atoms with Crippen LogP contribution in [0.25, 0.3) is 0 Å². The summed E-state index contributed by atoms with van der Waals surface area (Å²) in [6.45, 7) is 9.98. The van der Waals surface area contributed by atoms with Crippen molar-refractivity contribution in [1.82, 2.24) is 4.90 Å². The van der Waals surface area contributed by atoms with Gasteiger partial charge in [-0.2, -0.15) is 0 Å². The summed E-state index contributed by atoms with van der Waals surface area (Å²) in [6.07, 6.45) is 1.10. The Morgan fingerprint density at radius 3 is 2.33 bits per heavy atom. The zero-order valence-electron chi connectivity index (χ0n) is 12.7. The van der Waals surface area contributed by atoms with Gasteiger partial charge in [0.05, 0.1) is 7.11 Å². The van der Waals surface area contributed by atoms with Crippen molar-refractivity contribution in [1.29, 1.82) is 0 Å². The van der Waals surface area contributed by atoms with Gasteiger partial charge < -0.3 is 9.64 Å². The highest BCUT2D eigenvalue weighted by Crippen LogP contribution is 2.27. The average Bonchev–Trinajstić information content (AvgIpc) is 2.35. The van der Waals surface area contributed by atoms with Crippen LogP contribution in [0, 0.1) is 0 Å². The van der Waals surface area contributed by atoms with Gasteiger partial charge in [0.1, 0.15) is 5.75 Å². The Hall–Kier alpha value is -1.02. The maximum atomic E-state index is 5.42. The van der Waals surface area contributed by atoms with Crippen LogP contribution < -0.4 is 4.74 Å². The van der Waals surface area contributed by atoms with Crippen molar-refractivity contribution < 1.29 is 4.74 Å². The Balaban J connectivity index is 2.76. The highest BCUT2D eigenvalue weighted by molar-refractivity contribution is 5.39. The van der Waals surface area contributed by atoms with E-state index in [1.165, 1.54) is 11.1 Å². The third-order valence-corrected chi connectivity index (χ3v) is 3.55. The highest BCUT2D eigenvalue weighted by atomic mass is 16.5. The normalized spacial score (nSPS) is 11.6. The number of rotatable bonds is 6. The molecular formula is C16H27NO. The molecule has 0 saturated heterocycles. The minimum atomic E-state index is 0.503. The van der Waals surface area contributed by atoms with Crippen molar-refractivity contribution in [3.63, 3.8) is 0 Å². The molecule has 0 atom stereocenters. The molecule has 0 aliphatic heterocycles. The van der Waals surface area contributed by atoms with Gasteiger partial charge in [0.2, 0.25) is 0 Å². The molecule has 18 heavy (non-hydrogen) atoms. The molecule has 0 heterocycles. The molecule has 0 unspecified atom stereocenters. The van der Waals surface area contributed by atoms with Gasteiger partial charge in [-0.05, 0) is 50.4 Å². The van der Waals surface area contributed by atoms with E-state index in [0.717, 1.165) is 18.7 Å². The van der Waals surface area contributed by atoms with Gasteiger partial charge in [-0.25, -0.2) is 0 Å². The van der Waals surface area contributed by atoms with E-state index in [1.807, 2.05) is 0 Å². The second kappa shape index (κ2) is 6.79. The fourth-order valence-corrected chi connectivity index (χ4v) is 1.95. The van der Waals surface area contributed by atoms with E-state index in [2.05, 4.69) is 57.8 Å². The van der Waals surface area contributed by atoms with Crippen LogP contribution in [0.3, 0.4) is 0 Å². The SMILES string of the molecule is COc1ccc(CCN(C)C(C)C)cc1C(C)C. The first-order valence-corrected chi connectivity index (χ1v) is 6.82. The molecule has 102 valence electrons. The van der Waals surface area contributed by atoms with Gasteiger partial charge >= 0.3 is 0 Å². The smallest absolute Gasteiger partial charge is 0.122 e. The number of hydrogen-bond acceptors (Lipinski definition) is 2. The van der Waals surface area contributed by atoms with Crippen LogP contribution >= 0.6 is 0 Å². The van der Waals surface area contributed by atoms with E-state index < -0.39 is 0 Å². The summed E-state index contributed by atoms with van der Waals surface area (Å²) in [5.74, 6) is 1.51. The summed E-state index contributed by atoms with van der Waals surface area (Å²) in [4.78, 5) is 2.37. The largest absolute Gasteiger partial charge is 0.496 e. The monoisotopic (exact) mass is 249 g/mol. The fraction of sp³-hybridized carbons (Fsp3) is 0.625. The predicted molar refractivity (Wildman–Crippen MR) is 78.6 cm³/mol. The van der Waals surface area contributed by atoms with E-state index >= 15 is 0 Å². The van der Waals surface area contributed by atoms with Crippen molar-refractivity contribution in [3.8, 4) is 5.75 Å². The van der Waals surface area contributed by atoms with Crippen molar-refractivity contribution in [2.75, 3.05) is 20.7 Å². The molecule has 0 aliphatic carbocycles. The topological polar surface area (TPSA) is 12.5 Å². The number of likely N-dealkylation sites (N-methyl/N-ethyl adjacent to an activating group) is 1. The van der Waals surface area contributed by atoms with Gasteiger partial charge in [-0.1, -0.05) is 26.0 Å². The molecule has 2 heteroatoms. The molecule has 2 nitrogen and oxygen atoms in total. The predicted octanol–water partition coefficient (Wildman–Crippen LogP) is 3.70. The Labute approximate surface area is 112 Å². The minimum absolute atomic E-state index is 0.503. The minimum Gasteiger partial charge on any atom is -0.496 e. The second-order valence-electron chi connectivity index (χ2n) is 5.56. The van der Waals surface area contributed by atoms with Crippen LogP contribution in [0.15, 0.2) is 18.2 Å². The summed E-state index contributed by atoms with van der Waals surface area (Å²) >= 11 is 0. The molecule has 1 aromatic rings. The van der Waals surface area contributed by atoms with Crippen LogP contribution in [0.4, 0.5) is 0 Å². The quantitative estimate of drug-likeness (QED) is 0.762. The van der Waals surface area contributed by atoms with Crippen LogP contribution in [-0.2, 0) is 6.42 Å². The van der Waals surface area contributed by atoms with Crippen LogP contribution in [0.2, 0.25) is 0 Å². The number of benzene rings is 1. The summed E-state index contributed by atoms with van der Waals surface area (Å²) in [5, 5.41) is 0. The summed E-state index contributed by atoms with van der Waals surface area (Å²) in [5.41, 5.74) is 2.70. The molecule has 0 saturated carbocycles. The first-order valence-electron chi connectivity index (χ1n) is 6.82. The Morgan fingerprint density at radius 1 is 1.17 bits per heavy atom. The maximum absolute atomic E-state index is 5.42. The van der Waals surface area contributed by atoms with E-state index in [0.29, 0.717) is 12.0 Å². The lowest BCUT2D eigenvalue weighted by atomic mass is 9.98. The lowest BCUT2D eigenvalue weighted by Crippen LogP contribution is -2.28. The zero-order chi connectivity index (χ0) is 13.7. The molecule has 0 aliphatic rings. The van der Waals surface area contributed by atoms with Crippen molar-refractivity contribution in [3.05, 3.63) is 29.3 Å². The van der Waals surface area contributed by atoms with Crippen molar-refractivity contribution in [2.24, 2.45) is 0 Å². The third kappa shape index (κ3) is 4.02. The Bertz CT molecular complexity index is 371. The molecule has 0 fully saturated rings. The lowest BCUT2D eigenvalue weighted by molar-refractivity contribution is 0.277. The van der Waals surface area contributed by atoms with Crippen LogP contribution in [0.1, 0.15) is 44.7 Å². The first kappa shape index (κ1) is 15.0. The molecule has 0 N–H and O–H groups in total. The van der Waals surface area contributed by atoms with E-state index in [-0.39, 0.29) is 0 Å². The van der Waals surface area contributed by atoms with Gasteiger partial charge in [-0.15, -0.1) is 0 Å². The van der Waals surface area contributed by atoms with Gasteiger partial charge in [0.15, 0.2) is 0 Å². The lowest BCUT2D eigenvalue weighted by Gasteiger charge is -2.21. The molecule has 0 radical (unpaired) electrons. The average molecular weight is 249 g/mol. The number of nitrogens with zero attached hydrogens (tertiary/aromatic N) is 1.